The number of fused-ring (bicyclic) bond motifs is 1. The Balaban J connectivity index is 1.49. The molecule has 2 aromatic carbocycles. The molecule has 2 aromatic heterocycles. The molecule has 1 saturated heterocycles. The number of aryl methyl sites for hydroxylation is 1. The summed E-state index contributed by atoms with van der Waals surface area (Å²) in [5, 5.41) is 9.42. The minimum Gasteiger partial charge on any atom is -0.366 e. The molecule has 1 unspecified atom stereocenters. The van der Waals surface area contributed by atoms with Gasteiger partial charge in [-0.15, -0.1) is 0 Å². The van der Waals surface area contributed by atoms with Gasteiger partial charge in [-0.1, -0.05) is 29.8 Å². The number of pyridine rings is 2. The molecule has 1 fully saturated rings. The summed E-state index contributed by atoms with van der Waals surface area (Å²) < 4.78 is 16.4. The molecule has 1 atom stereocenters. The van der Waals surface area contributed by atoms with E-state index >= 15 is 0 Å². The molecule has 8 nitrogen and oxygen atoms in total. The number of nitrogens with zero attached hydrogens (tertiary/aromatic N) is 3. The Morgan fingerprint density at radius 1 is 1.13 bits per heavy atom. The lowest BCUT2D eigenvalue weighted by Gasteiger charge is -2.17. The normalized spacial score (nSPS) is 15.5. The number of rotatable bonds is 6. The number of anilines is 3. The van der Waals surface area contributed by atoms with Crippen molar-refractivity contribution in [2.24, 2.45) is 0 Å². The molecule has 0 spiro atoms. The van der Waals surface area contributed by atoms with Gasteiger partial charge < -0.3 is 25.4 Å². The lowest BCUT2D eigenvalue weighted by Crippen LogP contribution is -2.25. The monoisotopic (exact) mass is 534 g/mol. The van der Waals surface area contributed by atoms with Crippen molar-refractivity contribution in [2.75, 3.05) is 36.1 Å². The highest BCUT2D eigenvalue weighted by atomic mass is 35.5. The van der Waals surface area contributed by atoms with Crippen LogP contribution in [0.25, 0.3) is 22.0 Å². The number of halogens is 2. The molecular formula is C28H28ClFN6O2. The van der Waals surface area contributed by atoms with Crippen LogP contribution < -0.4 is 21.5 Å². The molecule has 0 bridgehead atoms. The number of urea groups is 1. The molecule has 4 aromatic rings. The maximum atomic E-state index is 14.7. The van der Waals surface area contributed by atoms with Crippen LogP contribution in [0.5, 0.6) is 0 Å². The van der Waals surface area contributed by atoms with Gasteiger partial charge in [0.2, 0.25) is 0 Å². The fourth-order valence-electron chi connectivity index (χ4n) is 4.78. The standard InChI is InChI=1S/C28H28ClFN6O2/c1-3-36-25-14-26(32-19-9-10-35(2)16-19)31-15-17(25)11-21(27(36)37)20-12-24(23(30)13-22(20)29)34-28(38)33-18-7-5-4-6-8-18/h4-8,11-15,19H,3,9-10,16H2,1-2H3,(H,31,32)(H2,33,34,38). The third-order valence-electron chi connectivity index (χ3n) is 6.66. The Hall–Kier alpha value is -3.95. The third kappa shape index (κ3) is 5.34. The zero-order chi connectivity index (χ0) is 26.8. The largest absolute Gasteiger partial charge is 0.366 e. The van der Waals surface area contributed by atoms with Crippen molar-refractivity contribution in [1.29, 1.82) is 0 Å². The summed E-state index contributed by atoms with van der Waals surface area (Å²) in [7, 11) is 2.09. The Bertz CT molecular complexity index is 1560. The minimum atomic E-state index is -0.714. The SMILES string of the molecule is CCn1c(=O)c(-c2cc(NC(=O)Nc3ccccc3)c(F)cc2Cl)cc2cnc(NC3CCN(C)C3)cc21. The van der Waals surface area contributed by atoms with Crippen molar-refractivity contribution >= 4 is 45.7 Å². The summed E-state index contributed by atoms with van der Waals surface area (Å²) in [4.78, 5) is 32.9. The van der Waals surface area contributed by atoms with Crippen LogP contribution in [-0.4, -0.2) is 46.7 Å². The predicted molar refractivity (Wildman–Crippen MR) is 151 cm³/mol. The molecule has 2 amide bonds. The van der Waals surface area contributed by atoms with Crippen molar-refractivity contribution < 1.29 is 9.18 Å². The first-order valence-electron chi connectivity index (χ1n) is 12.4. The summed E-state index contributed by atoms with van der Waals surface area (Å²) in [6.07, 6.45) is 2.74. The average molecular weight is 535 g/mol. The molecule has 1 aliphatic heterocycles. The fourth-order valence-corrected chi connectivity index (χ4v) is 5.03. The van der Waals surface area contributed by atoms with E-state index in [-0.39, 0.29) is 21.8 Å². The van der Waals surface area contributed by atoms with Crippen LogP contribution in [0.1, 0.15) is 13.3 Å². The molecule has 3 heterocycles. The van der Waals surface area contributed by atoms with Gasteiger partial charge in [0.05, 0.1) is 16.2 Å². The van der Waals surface area contributed by atoms with Crippen LogP contribution in [0.15, 0.2) is 65.6 Å². The van der Waals surface area contributed by atoms with Crippen LogP contribution in [-0.2, 0) is 6.54 Å². The van der Waals surface area contributed by atoms with E-state index in [1.54, 1.807) is 41.1 Å². The molecule has 38 heavy (non-hydrogen) atoms. The molecule has 0 aliphatic carbocycles. The average Bonchev–Trinajstić information content (AvgIpc) is 3.30. The highest BCUT2D eigenvalue weighted by molar-refractivity contribution is 6.33. The molecular weight excluding hydrogens is 507 g/mol. The lowest BCUT2D eigenvalue weighted by molar-refractivity contribution is 0.262. The Labute approximate surface area is 224 Å². The number of likely N-dealkylation sites (N-methyl/N-ethyl adjacent to an activating group) is 1. The number of benzene rings is 2. The summed E-state index contributed by atoms with van der Waals surface area (Å²) in [5.74, 6) is -0.00334. The van der Waals surface area contributed by atoms with E-state index in [0.29, 0.717) is 29.7 Å². The summed E-state index contributed by atoms with van der Waals surface area (Å²) in [6, 6.07) is 14.5. The molecule has 5 rings (SSSR count). The second-order valence-electron chi connectivity index (χ2n) is 9.39. The summed E-state index contributed by atoms with van der Waals surface area (Å²) in [5.41, 5.74) is 1.53. The number of amides is 2. The van der Waals surface area contributed by atoms with Gasteiger partial charge in [0.15, 0.2) is 0 Å². The Morgan fingerprint density at radius 2 is 1.92 bits per heavy atom. The van der Waals surface area contributed by atoms with Crippen LogP contribution in [0.2, 0.25) is 5.02 Å². The molecule has 0 radical (unpaired) electrons. The van der Waals surface area contributed by atoms with Gasteiger partial charge in [0.25, 0.3) is 5.56 Å². The van der Waals surface area contributed by atoms with Crippen LogP contribution in [0, 0.1) is 5.82 Å². The lowest BCUT2D eigenvalue weighted by atomic mass is 10.0. The predicted octanol–water partition coefficient (Wildman–Crippen LogP) is 5.64. The van der Waals surface area contributed by atoms with Crippen molar-refractivity contribution in [3.05, 3.63) is 82.0 Å². The topological polar surface area (TPSA) is 91.3 Å². The smallest absolute Gasteiger partial charge is 0.323 e. The first-order valence-corrected chi connectivity index (χ1v) is 12.8. The van der Waals surface area contributed by atoms with E-state index in [9.17, 15) is 14.0 Å². The highest BCUT2D eigenvalue weighted by Gasteiger charge is 2.21. The quantitative estimate of drug-likeness (QED) is 0.298. The van der Waals surface area contributed by atoms with Crippen molar-refractivity contribution in [3.63, 3.8) is 0 Å². The number of hydrogen-bond donors (Lipinski definition) is 3. The van der Waals surface area contributed by atoms with E-state index in [1.165, 1.54) is 6.07 Å². The van der Waals surface area contributed by atoms with E-state index in [1.807, 2.05) is 19.1 Å². The van der Waals surface area contributed by atoms with Gasteiger partial charge in [0.1, 0.15) is 11.6 Å². The van der Waals surface area contributed by atoms with E-state index in [0.717, 1.165) is 36.5 Å². The molecule has 196 valence electrons. The zero-order valence-corrected chi connectivity index (χ0v) is 21.8. The van der Waals surface area contributed by atoms with E-state index in [4.69, 9.17) is 11.6 Å². The molecule has 0 saturated carbocycles. The Kier molecular flexibility index (Phi) is 7.31. The van der Waals surface area contributed by atoms with Crippen molar-refractivity contribution in [2.45, 2.75) is 25.9 Å². The van der Waals surface area contributed by atoms with Gasteiger partial charge in [-0.25, -0.2) is 14.2 Å². The van der Waals surface area contributed by atoms with Gasteiger partial charge >= 0.3 is 6.03 Å². The third-order valence-corrected chi connectivity index (χ3v) is 6.98. The molecule has 3 N–H and O–H groups in total. The fraction of sp³-hybridized carbons (Fsp3) is 0.250. The van der Waals surface area contributed by atoms with Gasteiger partial charge in [0, 0.05) is 53.6 Å². The van der Waals surface area contributed by atoms with Gasteiger partial charge in [-0.05, 0) is 57.3 Å². The number of likely N-dealkylation sites (tertiary alicyclic amines) is 1. The second kappa shape index (κ2) is 10.8. The van der Waals surface area contributed by atoms with Crippen molar-refractivity contribution in [1.82, 2.24) is 14.5 Å². The number of carbonyl (C=O) groups excluding carboxylic acids is 1. The number of hydrogen-bond acceptors (Lipinski definition) is 5. The van der Waals surface area contributed by atoms with E-state index < -0.39 is 11.8 Å². The number of nitrogens with one attached hydrogen (secondary N) is 3. The van der Waals surface area contributed by atoms with Crippen molar-refractivity contribution in [3.8, 4) is 11.1 Å². The maximum Gasteiger partial charge on any atom is 0.323 e. The second-order valence-corrected chi connectivity index (χ2v) is 9.79. The maximum absolute atomic E-state index is 14.7. The number of para-hydroxylation sites is 1. The summed E-state index contributed by atoms with van der Waals surface area (Å²) >= 11 is 6.41. The molecule has 10 heteroatoms. The van der Waals surface area contributed by atoms with Gasteiger partial charge in [-0.2, -0.15) is 0 Å². The van der Waals surface area contributed by atoms with Crippen LogP contribution in [0.4, 0.5) is 26.4 Å². The Morgan fingerprint density at radius 3 is 2.63 bits per heavy atom. The van der Waals surface area contributed by atoms with Crippen LogP contribution >= 0.6 is 11.6 Å². The zero-order valence-electron chi connectivity index (χ0n) is 21.1. The first kappa shape index (κ1) is 25.7. The minimum absolute atomic E-state index is 0.0622. The number of carbonyl (C=O) groups is 1. The van der Waals surface area contributed by atoms with Gasteiger partial charge in [-0.3, -0.25) is 4.79 Å². The molecule has 1 aliphatic rings. The number of aromatic nitrogens is 2. The van der Waals surface area contributed by atoms with Crippen LogP contribution in [0.3, 0.4) is 0 Å². The first-order chi connectivity index (χ1) is 18.3. The highest BCUT2D eigenvalue weighted by Crippen LogP contribution is 2.33. The summed E-state index contributed by atoms with van der Waals surface area (Å²) in [6.45, 7) is 4.26. The van der Waals surface area contributed by atoms with E-state index in [2.05, 4.69) is 32.9 Å².